The molecule has 0 N–H and O–H groups in total. The lowest BCUT2D eigenvalue weighted by molar-refractivity contribution is -0.132. The molecule has 0 saturated heterocycles. The summed E-state index contributed by atoms with van der Waals surface area (Å²) in [4.78, 5) is 14.4. The molecule has 1 aliphatic heterocycles. The van der Waals surface area contributed by atoms with Crippen LogP contribution in [0.2, 0.25) is 0 Å². The predicted molar refractivity (Wildman–Crippen MR) is 86.6 cm³/mol. The number of rotatable bonds is 3. The number of aromatic nitrogens is 2. The molecule has 0 bridgehead atoms. The van der Waals surface area contributed by atoms with Crippen molar-refractivity contribution in [2.24, 2.45) is 7.05 Å². The van der Waals surface area contributed by atoms with Crippen molar-refractivity contribution in [3.8, 4) is 0 Å². The Balaban J connectivity index is 1.62. The third kappa shape index (κ3) is 2.91. The third-order valence-corrected chi connectivity index (χ3v) is 4.55. The van der Waals surface area contributed by atoms with E-state index in [9.17, 15) is 4.79 Å². The number of carbonyl (C=O) groups excluding carboxylic acids is 1. The maximum absolute atomic E-state index is 12.5. The van der Waals surface area contributed by atoms with Gasteiger partial charge in [0.05, 0.1) is 17.9 Å². The Labute approximate surface area is 131 Å². The number of nitrogens with zero attached hydrogens (tertiary/aromatic N) is 3. The van der Waals surface area contributed by atoms with Crippen molar-refractivity contribution in [3.05, 3.63) is 52.3 Å². The summed E-state index contributed by atoms with van der Waals surface area (Å²) in [6.45, 7) is 5.63. The van der Waals surface area contributed by atoms with Gasteiger partial charge in [0.25, 0.3) is 0 Å². The molecule has 116 valence electrons. The van der Waals surface area contributed by atoms with E-state index in [1.807, 2.05) is 23.6 Å². The lowest BCUT2D eigenvalue weighted by Crippen LogP contribution is -2.36. The molecule has 0 aliphatic carbocycles. The monoisotopic (exact) mass is 297 g/mol. The molecule has 1 aliphatic rings. The van der Waals surface area contributed by atoms with Crippen molar-refractivity contribution in [1.29, 1.82) is 0 Å². The quantitative estimate of drug-likeness (QED) is 0.873. The van der Waals surface area contributed by atoms with E-state index in [1.54, 1.807) is 0 Å². The van der Waals surface area contributed by atoms with E-state index in [-0.39, 0.29) is 5.91 Å². The number of carbonyl (C=O) groups is 1. The van der Waals surface area contributed by atoms with Crippen molar-refractivity contribution < 1.29 is 4.79 Å². The maximum atomic E-state index is 12.5. The predicted octanol–water partition coefficient (Wildman–Crippen LogP) is 2.55. The molecule has 4 heteroatoms. The average Bonchev–Trinajstić information content (AvgIpc) is 2.81. The molecule has 0 radical (unpaired) electrons. The van der Waals surface area contributed by atoms with Crippen LogP contribution < -0.4 is 0 Å². The molecule has 1 aromatic carbocycles. The molecular formula is C18H23N3O. The molecule has 2 heterocycles. The van der Waals surface area contributed by atoms with Crippen molar-refractivity contribution in [2.45, 2.75) is 39.7 Å². The van der Waals surface area contributed by atoms with Gasteiger partial charge in [-0.1, -0.05) is 29.8 Å². The third-order valence-electron chi connectivity index (χ3n) is 4.55. The number of hydrogen-bond acceptors (Lipinski definition) is 2. The molecule has 3 rings (SSSR count). The smallest absolute Gasteiger partial charge is 0.223 e. The average molecular weight is 297 g/mol. The number of benzene rings is 1. The Morgan fingerprint density at radius 3 is 2.68 bits per heavy atom. The summed E-state index contributed by atoms with van der Waals surface area (Å²) < 4.78 is 1.92. The molecular weight excluding hydrogens is 274 g/mol. The summed E-state index contributed by atoms with van der Waals surface area (Å²) in [6, 6.07) is 8.43. The van der Waals surface area contributed by atoms with Gasteiger partial charge in [-0.25, -0.2) is 0 Å². The van der Waals surface area contributed by atoms with Gasteiger partial charge in [-0.15, -0.1) is 0 Å². The summed E-state index contributed by atoms with van der Waals surface area (Å²) >= 11 is 0. The lowest BCUT2D eigenvalue weighted by atomic mass is 10.0. The van der Waals surface area contributed by atoms with Crippen LogP contribution in [0.3, 0.4) is 0 Å². The van der Waals surface area contributed by atoms with E-state index >= 15 is 0 Å². The van der Waals surface area contributed by atoms with Gasteiger partial charge in [0.1, 0.15) is 0 Å². The summed E-state index contributed by atoms with van der Waals surface area (Å²) in [5, 5.41) is 4.47. The van der Waals surface area contributed by atoms with Crippen LogP contribution in [0, 0.1) is 13.8 Å². The zero-order chi connectivity index (χ0) is 15.7. The Kier molecular flexibility index (Phi) is 4.01. The van der Waals surface area contributed by atoms with E-state index in [0.29, 0.717) is 13.0 Å². The summed E-state index contributed by atoms with van der Waals surface area (Å²) in [6.07, 6.45) is 2.31. The fraction of sp³-hybridized carbons (Fsp3) is 0.444. The van der Waals surface area contributed by atoms with Crippen LogP contribution in [0.1, 0.15) is 34.5 Å². The molecule has 0 spiro atoms. The van der Waals surface area contributed by atoms with E-state index in [2.05, 4.69) is 36.3 Å². The molecule has 1 aromatic heterocycles. The van der Waals surface area contributed by atoms with Crippen LogP contribution in [0.25, 0.3) is 0 Å². The van der Waals surface area contributed by atoms with Crippen LogP contribution in [0.4, 0.5) is 0 Å². The molecule has 2 aromatic rings. The first kappa shape index (κ1) is 14.8. The van der Waals surface area contributed by atoms with E-state index < -0.39 is 0 Å². The summed E-state index contributed by atoms with van der Waals surface area (Å²) in [5.41, 5.74) is 6.10. The van der Waals surface area contributed by atoms with Gasteiger partial charge >= 0.3 is 0 Å². The standard InChI is InChI=1S/C18H23N3O/c1-13-4-6-15(7-5-13)8-9-18(22)21-11-10-16-14(2)19-20(3)17(16)12-21/h4-7H,8-12H2,1-3H3. The Morgan fingerprint density at radius 2 is 1.95 bits per heavy atom. The van der Waals surface area contributed by atoms with Gasteiger partial charge in [-0.2, -0.15) is 5.10 Å². The summed E-state index contributed by atoms with van der Waals surface area (Å²) in [7, 11) is 1.96. The van der Waals surface area contributed by atoms with Gasteiger partial charge < -0.3 is 4.90 Å². The largest absolute Gasteiger partial charge is 0.336 e. The van der Waals surface area contributed by atoms with Gasteiger partial charge in [0.15, 0.2) is 0 Å². The van der Waals surface area contributed by atoms with Crippen molar-refractivity contribution in [1.82, 2.24) is 14.7 Å². The maximum Gasteiger partial charge on any atom is 0.223 e. The normalized spacial score (nSPS) is 14.0. The zero-order valence-corrected chi connectivity index (χ0v) is 13.6. The van der Waals surface area contributed by atoms with Crippen molar-refractivity contribution in [3.63, 3.8) is 0 Å². The van der Waals surface area contributed by atoms with E-state index in [0.717, 1.165) is 25.1 Å². The molecule has 1 amide bonds. The minimum absolute atomic E-state index is 0.241. The molecule has 22 heavy (non-hydrogen) atoms. The van der Waals surface area contributed by atoms with Gasteiger partial charge in [0.2, 0.25) is 5.91 Å². The second-order valence-electron chi connectivity index (χ2n) is 6.19. The highest BCUT2D eigenvalue weighted by Gasteiger charge is 2.24. The minimum Gasteiger partial charge on any atom is -0.336 e. The zero-order valence-electron chi connectivity index (χ0n) is 13.6. The minimum atomic E-state index is 0.241. The highest BCUT2D eigenvalue weighted by molar-refractivity contribution is 5.76. The van der Waals surface area contributed by atoms with Gasteiger partial charge in [-0.3, -0.25) is 9.48 Å². The van der Waals surface area contributed by atoms with Gasteiger partial charge in [-0.05, 0) is 37.8 Å². The molecule has 0 atom stereocenters. The SMILES string of the molecule is Cc1ccc(CCC(=O)N2CCc3c(C)nn(C)c3C2)cc1. The molecule has 4 nitrogen and oxygen atoms in total. The molecule has 0 saturated carbocycles. The second kappa shape index (κ2) is 5.95. The van der Waals surface area contributed by atoms with Crippen LogP contribution >= 0.6 is 0 Å². The van der Waals surface area contributed by atoms with Gasteiger partial charge in [0, 0.05) is 20.0 Å². The van der Waals surface area contributed by atoms with Crippen molar-refractivity contribution in [2.75, 3.05) is 6.54 Å². The Morgan fingerprint density at radius 1 is 1.23 bits per heavy atom. The Hall–Kier alpha value is -2.10. The highest BCUT2D eigenvalue weighted by atomic mass is 16.2. The first-order valence-electron chi connectivity index (χ1n) is 7.89. The molecule has 0 fully saturated rings. The van der Waals surface area contributed by atoms with Crippen LogP contribution in [0.15, 0.2) is 24.3 Å². The Bertz CT molecular complexity index is 685. The highest BCUT2D eigenvalue weighted by Crippen LogP contribution is 2.22. The number of aryl methyl sites for hydroxylation is 4. The van der Waals surface area contributed by atoms with Crippen LogP contribution in [0.5, 0.6) is 0 Å². The van der Waals surface area contributed by atoms with E-state index in [1.165, 1.54) is 22.4 Å². The second-order valence-corrected chi connectivity index (χ2v) is 6.19. The first-order valence-corrected chi connectivity index (χ1v) is 7.89. The van der Waals surface area contributed by atoms with Crippen LogP contribution in [-0.4, -0.2) is 27.1 Å². The van der Waals surface area contributed by atoms with E-state index in [4.69, 9.17) is 0 Å². The lowest BCUT2D eigenvalue weighted by Gasteiger charge is -2.27. The number of fused-ring (bicyclic) bond motifs is 1. The molecule has 0 unspecified atom stereocenters. The van der Waals surface area contributed by atoms with Crippen molar-refractivity contribution >= 4 is 5.91 Å². The fourth-order valence-corrected chi connectivity index (χ4v) is 3.16. The summed E-state index contributed by atoms with van der Waals surface area (Å²) in [5.74, 6) is 0.241. The first-order chi connectivity index (χ1) is 10.5. The topological polar surface area (TPSA) is 38.1 Å². The fourth-order valence-electron chi connectivity index (χ4n) is 3.16. The van der Waals surface area contributed by atoms with Crippen LogP contribution in [-0.2, 0) is 31.2 Å². The number of hydrogen-bond donors (Lipinski definition) is 0. The number of amides is 1.